The largest absolute Gasteiger partial charge is 0.436 e. The highest BCUT2D eigenvalue weighted by Crippen LogP contribution is 2.38. The number of nitrogens with zero attached hydrogens (tertiary/aromatic N) is 6. The number of para-hydroxylation sites is 4. The highest BCUT2D eigenvalue weighted by molar-refractivity contribution is 6.11. The van der Waals surface area contributed by atoms with Crippen LogP contribution < -0.4 is 0 Å². The van der Waals surface area contributed by atoms with Crippen LogP contribution >= 0.6 is 0 Å². The van der Waals surface area contributed by atoms with Gasteiger partial charge in [0.1, 0.15) is 5.52 Å². The lowest BCUT2D eigenvalue weighted by Gasteiger charge is -2.11. The Morgan fingerprint density at radius 2 is 0.797 bits per heavy atom. The summed E-state index contributed by atoms with van der Waals surface area (Å²) >= 11 is 0. The van der Waals surface area contributed by atoms with E-state index < -0.39 is 0 Å². The zero-order valence-corrected chi connectivity index (χ0v) is 31.6. The first-order valence-electron chi connectivity index (χ1n) is 19.6. The molecular formula is C52H32N6O. The lowest BCUT2D eigenvalue weighted by Crippen LogP contribution is -2.01. The standard InChI is InChI=1S/C52H32N6O/c1-4-14-33(15-5-1)52-53-43-28-25-36(32-48(43)59-52)51-55-49(34-26-29-46-42(30-34)40-21-11-13-23-45(40)57(46)37-16-6-2-7-17-37)54-50(56-51)35-24-27-41-39-20-10-12-22-44(39)58(47(41)31-35)38-18-8-3-9-19-38/h1-32H. The van der Waals surface area contributed by atoms with E-state index in [1.165, 1.54) is 5.39 Å². The van der Waals surface area contributed by atoms with E-state index in [1.54, 1.807) is 0 Å². The first-order chi connectivity index (χ1) is 29.2. The molecule has 7 nitrogen and oxygen atoms in total. The van der Waals surface area contributed by atoms with Crippen LogP contribution in [0.1, 0.15) is 0 Å². The van der Waals surface area contributed by atoms with Crippen LogP contribution in [0.5, 0.6) is 0 Å². The second-order valence-electron chi connectivity index (χ2n) is 14.7. The molecule has 8 aromatic carbocycles. The van der Waals surface area contributed by atoms with Gasteiger partial charge in [-0.1, -0.05) is 103 Å². The third-order valence-corrected chi connectivity index (χ3v) is 11.2. The van der Waals surface area contributed by atoms with E-state index in [-0.39, 0.29) is 0 Å². The maximum absolute atomic E-state index is 6.32. The highest BCUT2D eigenvalue weighted by atomic mass is 16.3. The van der Waals surface area contributed by atoms with Gasteiger partial charge in [-0.2, -0.15) is 0 Å². The van der Waals surface area contributed by atoms with Crippen LogP contribution in [0.2, 0.25) is 0 Å². The van der Waals surface area contributed by atoms with Crippen LogP contribution in [-0.2, 0) is 0 Å². The molecule has 4 heterocycles. The van der Waals surface area contributed by atoms with E-state index in [1.807, 2.05) is 60.7 Å². The number of hydrogen-bond acceptors (Lipinski definition) is 5. The van der Waals surface area contributed by atoms with E-state index >= 15 is 0 Å². The van der Waals surface area contributed by atoms with Crippen LogP contribution in [0, 0.1) is 0 Å². The number of hydrogen-bond donors (Lipinski definition) is 0. The summed E-state index contributed by atoms with van der Waals surface area (Å²) in [5, 5.41) is 4.63. The van der Waals surface area contributed by atoms with Gasteiger partial charge in [0.25, 0.3) is 0 Å². The molecular weight excluding hydrogens is 725 g/mol. The van der Waals surface area contributed by atoms with Crippen molar-refractivity contribution < 1.29 is 4.42 Å². The first-order valence-corrected chi connectivity index (χ1v) is 19.6. The van der Waals surface area contributed by atoms with Crippen molar-refractivity contribution in [3.63, 3.8) is 0 Å². The van der Waals surface area contributed by atoms with Crippen LogP contribution in [0.25, 0.3) is 112 Å². The number of rotatable bonds is 6. The molecule has 0 saturated carbocycles. The maximum atomic E-state index is 6.32. The summed E-state index contributed by atoms with van der Waals surface area (Å²) in [4.78, 5) is 20.4. The minimum absolute atomic E-state index is 0.542. The number of benzene rings is 8. The number of aromatic nitrogens is 6. The Kier molecular flexibility index (Phi) is 7.40. The molecule has 7 heteroatoms. The van der Waals surface area contributed by atoms with Gasteiger partial charge in [0.15, 0.2) is 23.1 Å². The van der Waals surface area contributed by atoms with Gasteiger partial charge in [-0.25, -0.2) is 19.9 Å². The highest BCUT2D eigenvalue weighted by Gasteiger charge is 2.19. The Hall–Kier alpha value is -8.16. The Morgan fingerprint density at radius 3 is 1.46 bits per heavy atom. The predicted octanol–water partition coefficient (Wildman–Crippen LogP) is 12.9. The van der Waals surface area contributed by atoms with Crippen molar-refractivity contribution in [1.82, 2.24) is 29.1 Å². The molecule has 0 aliphatic carbocycles. The van der Waals surface area contributed by atoms with E-state index in [9.17, 15) is 0 Å². The lowest BCUT2D eigenvalue weighted by atomic mass is 10.1. The molecule has 0 unspecified atom stereocenters. The fourth-order valence-electron chi connectivity index (χ4n) is 8.46. The van der Waals surface area contributed by atoms with E-state index in [0.29, 0.717) is 28.9 Å². The van der Waals surface area contributed by atoms with E-state index in [2.05, 4.69) is 143 Å². The molecule has 0 atom stereocenters. The maximum Gasteiger partial charge on any atom is 0.227 e. The Bertz CT molecular complexity index is 3550. The fraction of sp³-hybridized carbons (Fsp3) is 0. The van der Waals surface area contributed by atoms with Crippen LogP contribution in [0.3, 0.4) is 0 Å². The molecule has 0 amide bonds. The molecule has 0 N–H and O–H groups in total. The van der Waals surface area contributed by atoms with E-state index in [4.69, 9.17) is 24.4 Å². The van der Waals surface area contributed by atoms with Crippen molar-refractivity contribution in [2.24, 2.45) is 0 Å². The molecule has 0 aliphatic rings. The molecule has 0 radical (unpaired) electrons. The van der Waals surface area contributed by atoms with Crippen molar-refractivity contribution in [3.8, 4) is 57.0 Å². The summed E-state index contributed by atoms with van der Waals surface area (Å²) in [5.41, 5.74) is 11.6. The van der Waals surface area contributed by atoms with Crippen LogP contribution in [0.4, 0.5) is 0 Å². The average molecular weight is 757 g/mol. The molecule has 12 aromatic rings. The SMILES string of the molecule is c1ccc(-c2nc3ccc(-c4nc(-c5ccc6c(c5)c5ccccc5n6-c5ccccc5)nc(-c5ccc6c7ccccc7n(-c7ccccc7)c6c5)n4)cc3o2)cc1. The van der Waals surface area contributed by atoms with Gasteiger partial charge in [-0.05, 0) is 91.0 Å². The van der Waals surface area contributed by atoms with Gasteiger partial charge in [0, 0.05) is 55.2 Å². The van der Waals surface area contributed by atoms with E-state index in [0.717, 1.165) is 77.4 Å². The first kappa shape index (κ1) is 33.0. The molecule has 0 aliphatic heterocycles. The van der Waals surface area contributed by atoms with Crippen molar-refractivity contribution in [3.05, 3.63) is 194 Å². The van der Waals surface area contributed by atoms with Gasteiger partial charge in [0.2, 0.25) is 5.89 Å². The van der Waals surface area contributed by atoms with Crippen molar-refractivity contribution >= 4 is 54.7 Å². The molecule has 0 bridgehead atoms. The smallest absolute Gasteiger partial charge is 0.227 e. The summed E-state index contributed by atoms with van der Waals surface area (Å²) in [7, 11) is 0. The molecule has 0 fully saturated rings. The minimum Gasteiger partial charge on any atom is -0.436 e. The van der Waals surface area contributed by atoms with Crippen LogP contribution in [0.15, 0.2) is 199 Å². The van der Waals surface area contributed by atoms with Gasteiger partial charge in [-0.3, -0.25) is 0 Å². The summed E-state index contributed by atoms with van der Waals surface area (Å²) in [6.07, 6.45) is 0. The topological polar surface area (TPSA) is 74.6 Å². The predicted molar refractivity (Wildman–Crippen MR) is 238 cm³/mol. The van der Waals surface area contributed by atoms with Gasteiger partial charge in [0.05, 0.1) is 22.1 Å². The third-order valence-electron chi connectivity index (χ3n) is 11.2. The van der Waals surface area contributed by atoms with Gasteiger partial charge < -0.3 is 13.6 Å². The second kappa shape index (κ2) is 13.2. The zero-order valence-electron chi connectivity index (χ0n) is 31.6. The Morgan fingerprint density at radius 1 is 0.322 bits per heavy atom. The normalized spacial score (nSPS) is 11.7. The quantitative estimate of drug-likeness (QED) is 0.169. The molecule has 276 valence electrons. The van der Waals surface area contributed by atoms with Gasteiger partial charge >= 0.3 is 0 Å². The summed E-state index contributed by atoms with van der Waals surface area (Å²) in [5.74, 6) is 2.26. The zero-order chi connectivity index (χ0) is 38.9. The molecule has 59 heavy (non-hydrogen) atoms. The van der Waals surface area contributed by atoms with Crippen molar-refractivity contribution in [2.45, 2.75) is 0 Å². The third kappa shape index (κ3) is 5.44. The molecule has 12 rings (SSSR count). The molecule has 0 saturated heterocycles. The van der Waals surface area contributed by atoms with Crippen LogP contribution in [-0.4, -0.2) is 29.1 Å². The fourth-order valence-corrected chi connectivity index (χ4v) is 8.46. The lowest BCUT2D eigenvalue weighted by molar-refractivity contribution is 0.620. The monoisotopic (exact) mass is 756 g/mol. The van der Waals surface area contributed by atoms with Crippen molar-refractivity contribution in [1.29, 1.82) is 0 Å². The number of fused-ring (bicyclic) bond motifs is 7. The van der Waals surface area contributed by atoms with Crippen molar-refractivity contribution in [2.75, 3.05) is 0 Å². The second-order valence-corrected chi connectivity index (χ2v) is 14.7. The summed E-state index contributed by atoms with van der Waals surface area (Å²) in [6.45, 7) is 0. The summed E-state index contributed by atoms with van der Waals surface area (Å²) in [6, 6.07) is 67.0. The minimum atomic E-state index is 0.542. The summed E-state index contributed by atoms with van der Waals surface area (Å²) < 4.78 is 10.9. The Labute approximate surface area is 338 Å². The molecule has 4 aromatic heterocycles. The van der Waals surface area contributed by atoms with Gasteiger partial charge in [-0.15, -0.1) is 0 Å². The number of oxazole rings is 1. The molecule has 0 spiro atoms. The average Bonchev–Trinajstić information content (AvgIpc) is 3.99. The Balaban J connectivity index is 1.07.